The summed E-state index contributed by atoms with van der Waals surface area (Å²) in [6.07, 6.45) is 0. The van der Waals surface area contributed by atoms with E-state index < -0.39 is 31.1 Å². The van der Waals surface area contributed by atoms with E-state index in [2.05, 4.69) is 10.3 Å². The molecule has 7 nitrogen and oxygen atoms in total. The minimum atomic E-state index is -5.34. The Morgan fingerprint density at radius 1 is 0.850 bits per heavy atom. The van der Waals surface area contributed by atoms with E-state index >= 15 is 0 Å². The number of sulfonamides is 2. The van der Waals surface area contributed by atoms with Gasteiger partial charge in [-0.15, -0.1) is 0 Å². The first-order chi connectivity index (χ1) is 7.91. The molecule has 4 N–H and O–H groups in total. The molecule has 20 heavy (non-hydrogen) atoms. The fraction of sp³-hybridized carbons (Fsp3) is 0.750. The monoisotopic (exact) mass is 441 g/mol. The molecule has 0 radical (unpaired) electrons. The molecule has 0 saturated heterocycles. The van der Waals surface area contributed by atoms with Crippen molar-refractivity contribution in [3.05, 3.63) is 0 Å². The second-order valence-electron chi connectivity index (χ2n) is 2.21. The molecule has 16 heteroatoms. The molecule has 0 aromatic rings. The molecule has 124 valence electrons. The number of nitrogens with zero attached hydrogens (tertiary/aromatic N) is 1. The van der Waals surface area contributed by atoms with Crippen molar-refractivity contribution in [1.82, 2.24) is 0 Å². The fourth-order valence-electron chi connectivity index (χ4n) is 0. The molecule has 0 aliphatic carbocycles. The maximum atomic E-state index is 10.8. The van der Waals surface area contributed by atoms with Crippen LogP contribution in [0.5, 0.6) is 0 Å². The van der Waals surface area contributed by atoms with E-state index in [0.717, 1.165) is 0 Å². The van der Waals surface area contributed by atoms with Crippen LogP contribution >= 0.6 is 0 Å². The zero-order valence-corrected chi connectivity index (χ0v) is 12.5. The van der Waals surface area contributed by atoms with E-state index in [9.17, 15) is 43.2 Å². The van der Waals surface area contributed by atoms with Gasteiger partial charge in [-0.1, -0.05) is 0 Å². The van der Waals surface area contributed by atoms with Gasteiger partial charge >= 0.3 is 31.1 Å². The van der Waals surface area contributed by atoms with E-state index in [-0.39, 0.29) is 19.5 Å². The third kappa shape index (κ3) is 15.6. The van der Waals surface area contributed by atoms with Gasteiger partial charge in [0.2, 0.25) is 0 Å². The number of halogens is 6. The van der Waals surface area contributed by atoms with Gasteiger partial charge in [0.25, 0.3) is 0 Å². The summed E-state index contributed by atoms with van der Waals surface area (Å²) in [6, 6.07) is 1.75. The first-order valence-electron chi connectivity index (χ1n) is 3.40. The fourth-order valence-corrected chi connectivity index (χ4v) is 0. The van der Waals surface area contributed by atoms with Crippen LogP contribution in [-0.2, 0) is 39.5 Å². The average Bonchev–Trinajstić information content (AvgIpc) is 1.97. The number of nitriles is 1. The smallest absolute Gasteiger partial charge is 0.221 e. The number of hydrogen-bond donors (Lipinski definition) is 2. The van der Waals surface area contributed by atoms with E-state index in [1.54, 1.807) is 6.07 Å². The first-order valence-corrected chi connectivity index (χ1v) is 6.50. The second kappa shape index (κ2) is 9.45. The third-order valence-corrected chi connectivity index (χ3v) is 1.94. The Morgan fingerprint density at radius 2 is 0.900 bits per heavy atom. The van der Waals surface area contributed by atoms with E-state index in [4.69, 9.17) is 5.26 Å². The van der Waals surface area contributed by atoms with Gasteiger partial charge in [-0.05, 0) is 0 Å². The van der Waals surface area contributed by atoms with Gasteiger partial charge in [-0.25, -0.2) is 27.1 Å². The van der Waals surface area contributed by atoms with Gasteiger partial charge in [-0.2, -0.15) is 31.6 Å². The number of primary sulfonamides is 2. The Morgan fingerprint density at radius 3 is 0.900 bits per heavy atom. The summed E-state index contributed by atoms with van der Waals surface area (Å²) >= 11 is 0. The van der Waals surface area contributed by atoms with Crippen molar-refractivity contribution in [3.8, 4) is 6.07 Å². The Kier molecular flexibility index (Phi) is 13.1. The van der Waals surface area contributed by atoms with Crippen LogP contribution < -0.4 is 10.3 Å². The summed E-state index contributed by atoms with van der Waals surface area (Å²) in [5.41, 5.74) is -10.6. The van der Waals surface area contributed by atoms with Gasteiger partial charge in [0.05, 0.1) is 6.07 Å². The number of hydrogen-bond acceptors (Lipinski definition) is 5. The largest absolute Gasteiger partial charge is 0.511 e. The van der Waals surface area contributed by atoms with Crippen LogP contribution in [0.4, 0.5) is 26.3 Å². The van der Waals surface area contributed by atoms with Crippen molar-refractivity contribution in [2.45, 2.75) is 17.9 Å². The Hall–Kier alpha value is -0.487. The van der Waals surface area contributed by atoms with Crippen molar-refractivity contribution >= 4 is 20.0 Å². The summed E-state index contributed by atoms with van der Waals surface area (Å²) in [4.78, 5) is 0. The molecule has 0 bridgehead atoms. The van der Waals surface area contributed by atoms with Crippen LogP contribution in [0.25, 0.3) is 0 Å². The molecule has 0 rings (SSSR count). The van der Waals surface area contributed by atoms with Gasteiger partial charge < -0.3 is 0 Å². The predicted octanol–water partition coefficient (Wildman–Crippen LogP) is 0.117. The van der Waals surface area contributed by atoms with Crippen molar-refractivity contribution in [2.24, 2.45) is 10.3 Å². The van der Waals surface area contributed by atoms with Gasteiger partial charge in [0, 0.05) is 26.4 Å². The zero-order valence-electron chi connectivity index (χ0n) is 9.17. The number of nitrogens with two attached hydrogens (primary N) is 2. The average molecular weight is 440 g/mol. The van der Waals surface area contributed by atoms with Crippen LogP contribution in [0.3, 0.4) is 0 Å². The Balaban J connectivity index is -0.000000103. The maximum Gasteiger partial charge on any atom is 0.511 e. The number of alkyl halides is 6. The van der Waals surface area contributed by atoms with Crippen molar-refractivity contribution < 1.29 is 62.7 Å². The molecule has 0 aromatic heterocycles. The van der Waals surface area contributed by atoms with Crippen molar-refractivity contribution in [3.63, 3.8) is 0 Å². The summed E-state index contributed by atoms with van der Waals surface area (Å²) < 4.78 is 102. The van der Waals surface area contributed by atoms with Gasteiger partial charge in [-0.3, -0.25) is 0 Å². The molecule has 0 atom stereocenters. The minimum Gasteiger partial charge on any atom is -0.221 e. The number of rotatable bonds is 0. The molecule has 0 aliphatic heterocycles. The molecule has 0 amide bonds. The third-order valence-electron chi connectivity index (χ3n) is 0.645. The SMILES string of the molecule is CC#N.NS(=O)(=O)C(F)(F)F.NS(=O)(=O)C(F)(F)F.[Ru]. The Bertz CT molecular complexity index is 462. The standard InChI is InChI=1S/C2H3N.2CH2F3NO2S.Ru/c1-2-3;2*2-1(3,4)8(5,6)7;/h1H3;2*(H2,5,6,7);. The van der Waals surface area contributed by atoms with Crippen LogP contribution in [0.15, 0.2) is 0 Å². The van der Waals surface area contributed by atoms with Crippen LogP contribution in [0, 0.1) is 11.3 Å². The van der Waals surface area contributed by atoms with Crippen LogP contribution in [0.1, 0.15) is 6.92 Å². The van der Waals surface area contributed by atoms with Gasteiger partial charge in [0.15, 0.2) is 0 Å². The van der Waals surface area contributed by atoms with Gasteiger partial charge in [0.1, 0.15) is 0 Å². The molecule has 0 fully saturated rings. The van der Waals surface area contributed by atoms with E-state index in [1.165, 1.54) is 6.92 Å². The quantitative estimate of drug-likeness (QED) is 0.406. The summed E-state index contributed by atoms with van der Waals surface area (Å²) in [5.74, 6) is 0. The predicted molar refractivity (Wildman–Crippen MR) is 49.6 cm³/mol. The van der Waals surface area contributed by atoms with Crippen LogP contribution in [0.2, 0.25) is 0 Å². The molecular weight excluding hydrogens is 433 g/mol. The molecule has 0 aliphatic rings. The molecular formula is C4H7F6N3O4RuS2. The maximum absolute atomic E-state index is 10.8. The van der Waals surface area contributed by atoms with Crippen LogP contribution in [-0.4, -0.2) is 27.9 Å². The molecule has 0 spiro atoms. The molecule has 0 aromatic carbocycles. The second-order valence-corrected chi connectivity index (χ2v) is 5.31. The van der Waals surface area contributed by atoms with E-state index in [1.807, 2.05) is 0 Å². The molecule has 0 saturated carbocycles. The zero-order chi connectivity index (χ0) is 16.7. The summed E-state index contributed by atoms with van der Waals surface area (Å²) in [7, 11) is -10.7. The van der Waals surface area contributed by atoms with Crippen molar-refractivity contribution in [2.75, 3.05) is 0 Å². The first kappa shape index (κ1) is 27.8. The van der Waals surface area contributed by atoms with Crippen molar-refractivity contribution in [1.29, 1.82) is 5.26 Å². The summed E-state index contributed by atoms with van der Waals surface area (Å²) in [5, 5.41) is 14.6. The Labute approximate surface area is 122 Å². The normalized spacial score (nSPS) is 11.6. The topological polar surface area (TPSA) is 144 Å². The summed E-state index contributed by atoms with van der Waals surface area (Å²) in [6.45, 7) is 1.43. The van der Waals surface area contributed by atoms with E-state index in [0.29, 0.717) is 0 Å². The molecule has 0 heterocycles. The minimum absolute atomic E-state index is 0. The molecule has 0 unspecified atom stereocenters.